The fourth-order valence-corrected chi connectivity index (χ4v) is 5.48. The summed E-state index contributed by atoms with van der Waals surface area (Å²) in [7, 11) is 1.50. The minimum Gasteiger partial charge on any atom is -0.399 e. The van der Waals surface area contributed by atoms with Crippen molar-refractivity contribution in [2.45, 2.75) is 0 Å². The SMILES string of the molecule is CON=C(c1ccc(NC(=O)c2ccc(N3CCOCC3)cc2)cc1)c1ccc(NC(=O)c2ccc(N3CCOCC3)cc2)cc1. The average Bonchev–Trinajstić information content (AvgIpc) is 3.12. The quantitative estimate of drug-likeness (QED) is 0.195. The monoisotopic (exact) mass is 619 g/mol. The van der Waals surface area contributed by atoms with Crippen molar-refractivity contribution in [2.24, 2.45) is 5.16 Å². The van der Waals surface area contributed by atoms with Crippen molar-refractivity contribution in [3.8, 4) is 0 Å². The number of carbonyl (C=O) groups excluding carboxylic acids is 2. The van der Waals surface area contributed by atoms with Crippen LogP contribution in [-0.4, -0.2) is 77.2 Å². The van der Waals surface area contributed by atoms with Gasteiger partial charge in [-0.1, -0.05) is 29.4 Å². The van der Waals surface area contributed by atoms with Crippen LogP contribution in [-0.2, 0) is 14.3 Å². The van der Waals surface area contributed by atoms with Gasteiger partial charge in [0.15, 0.2) is 0 Å². The first kappa shape index (κ1) is 30.8. The second-order valence-corrected chi connectivity index (χ2v) is 11.0. The third-order valence-corrected chi connectivity index (χ3v) is 8.03. The molecule has 2 amide bonds. The molecule has 0 bridgehead atoms. The largest absolute Gasteiger partial charge is 0.399 e. The molecule has 10 nitrogen and oxygen atoms in total. The van der Waals surface area contributed by atoms with Gasteiger partial charge in [0.05, 0.1) is 26.4 Å². The number of hydrogen-bond donors (Lipinski definition) is 2. The van der Waals surface area contributed by atoms with E-state index < -0.39 is 0 Å². The highest BCUT2D eigenvalue weighted by molar-refractivity contribution is 6.13. The van der Waals surface area contributed by atoms with Gasteiger partial charge >= 0.3 is 0 Å². The van der Waals surface area contributed by atoms with Crippen molar-refractivity contribution in [2.75, 3.05) is 80.1 Å². The van der Waals surface area contributed by atoms with E-state index in [1.165, 1.54) is 7.11 Å². The van der Waals surface area contributed by atoms with Crippen molar-refractivity contribution in [1.82, 2.24) is 0 Å². The van der Waals surface area contributed by atoms with Crippen LogP contribution in [0.1, 0.15) is 31.8 Å². The summed E-state index contributed by atoms with van der Waals surface area (Å²) in [6, 6.07) is 30.1. The van der Waals surface area contributed by atoms with Crippen LogP contribution in [0.3, 0.4) is 0 Å². The molecule has 4 aromatic rings. The lowest BCUT2D eigenvalue weighted by Gasteiger charge is -2.28. The van der Waals surface area contributed by atoms with Crippen LogP contribution in [0, 0.1) is 0 Å². The molecule has 4 aromatic carbocycles. The number of morpholine rings is 2. The van der Waals surface area contributed by atoms with Crippen molar-refractivity contribution in [3.05, 3.63) is 119 Å². The molecule has 2 heterocycles. The minimum atomic E-state index is -0.183. The number of nitrogens with zero attached hydrogens (tertiary/aromatic N) is 3. The number of benzene rings is 4. The first-order chi connectivity index (χ1) is 22.6. The first-order valence-corrected chi connectivity index (χ1v) is 15.4. The van der Waals surface area contributed by atoms with E-state index in [-0.39, 0.29) is 11.8 Å². The predicted octanol–water partition coefficient (Wildman–Crippen LogP) is 5.26. The van der Waals surface area contributed by atoms with Gasteiger partial charge < -0.3 is 34.7 Å². The van der Waals surface area contributed by atoms with Gasteiger partial charge in [0, 0.05) is 71.2 Å². The van der Waals surface area contributed by atoms with E-state index in [1.807, 2.05) is 97.1 Å². The van der Waals surface area contributed by atoms with E-state index in [1.54, 1.807) is 0 Å². The van der Waals surface area contributed by atoms with E-state index in [0.717, 1.165) is 48.7 Å². The summed E-state index contributed by atoms with van der Waals surface area (Å²) in [5, 5.41) is 10.2. The Balaban J connectivity index is 1.06. The standard InChI is InChI=1S/C36H37N5O5/c1-44-39-34(26-2-10-30(11-3-26)37-35(42)28-6-14-32(15-7-28)40-18-22-45-23-19-40)27-4-12-31(13-5-27)38-36(43)29-8-16-33(17-9-29)41-20-24-46-25-21-41/h2-17H,18-25H2,1H3,(H,37,42)(H,38,43). The van der Waals surface area contributed by atoms with Crippen molar-refractivity contribution >= 4 is 40.3 Å². The minimum absolute atomic E-state index is 0.183. The molecule has 2 aliphatic rings. The van der Waals surface area contributed by atoms with Gasteiger partial charge in [0.1, 0.15) is 12.8 Å². The Hall–Kier alpha value is -5.19. The highest BCUT2D eigenvalue weighted by atomic mass is 16.6. The van der Waals surface area contributed by atoms with Gasteiger partial charge in [-0.25, -0.2) is 0 Å². The lowest BCUT2D eigenvalue weighted by atomic mass is 10.0. The molecule has 10 heteroatoms. The summed E-state index contributed by atoms with van der Waals surface area (Å²) in [5.41, 5.74) is 6.91. The van der Waals surface area contributed by atoms with Crippen molar-refractivity contribution < 1.29 is 23.9 Å². The summed E-state index contributed by atoms with van der Waals surface area (Å²) in [5.74, 6) is -0.365. The summed E-state index contributed by atoms with van der Waals surface area (Å²) in [6.07, 6.45) is 0. The van der Waals surface area contributed by atoms with E-state index in [0.29, 0.717) is 54.6 Å². The molecule has 0 aromatic heterocycles. The molecular formula is C36H37N5O5. The first-order valence-electron chi connectivity index (χ1n) is 15.4. The van der Waals surface area contributed by atoms with Gasteiger partial charge in [-0.2, -0.15) is 0 Å². The molecule has 2 aliphatic heterocycles. The lowest BCUT2D eigenvalue weighted by molar-refractivity contribution is 0.101. The molecule has 2 saturated heterocycles. The van der Waals surface area contributed by atoms with Crippen molar-refractivity contribution in [3.63, 3.8) is 0 Å². The normalized spacial score (nSPS) is 14.7. The molecule has 0 atom stereocenters. The molecule has 0 spiro atoms. The van der Waals surface area contributed by atoms with E-state index >= 15 is 0 Å². The topological polar surface area (TPSA) is 105 Å². The van der Waals surface area contributed by atoms with Gasteiger partial charge in [0.25, 0.3) is 11.8 Å². The van der Waals surface area contributed by atoms with Gasteiger partial charge in [0.2, 0.25) is 0 Å². The predicted molar refractivity (Wildman–Crippen MR) is 180 cm³/mol. The average molecular weight is 620 g/mol. The molecule has 0 unspecified atom stereocenters. The number of amides is 2. The third-order valence-electron chi connectivity index (χ3n) is 8.03. The zero-order chi connectivity index (χ0) is 31.7. The summed E-state index contributed by atoms with van der Waals surface area (Å²) < 4.78 is 10.8. The van der Waals surface area contributed by atoms with Crippen LogP contribution >= 0.6 is 0 Å². The fourth-order valence-electron chi connectivity index (χ4n) is 5.48. The van der Waals surface area contributed by atoms with Crippen LogP contribution < -0.4 is 20.4 Å². The Morgan fingerprint density at radius 1 is 0.565 bits per heavy atom. The molecular weight excluding hydrogens is 582 g/mol. The Labute approximate surface area is 268 Å². The fraction of sp³-hybridized carbons (Fsp3) is 0.250. The number of rotatable bonds is 9. The zero-order valence-electron chi connectivity index (χ0n) is 25.8. The van der Waals surface area contributed by atoms with Crippen LogP contribution in [0.2, 0.25) is 0 Å². The smallest absolute Gasteiger partial charge is 0.255 e. The molecule has 0 radical (unpaired) electrons. The third kappa shape index (κ3) is 7.53. The number of oxime groups is 1. The Bertz CT molecular complexity index is 1520. The number of carbonyl (C=O) groups is 2. The van der Waals surface area contributed by atoms with Gasteiger partial charge in [-0.05, 0) is 72.8 Å². The lowest BCUT2D eigenvalue weighted by Crippen LogP contribution is -2.36. The molecule has 0 saturated carbocycles. The van der Waals surface area contributed by atoms with Crippen LogP contribution in [0.4, 0.5) is 22.7 Å². The Morgan fingerprint density at radius 3 is 1.26 bits per heavy atom. The maximum absolute atomic E-state index is 12.9. The second-order valence-electron chi connectivity index (χ2n) is 11.0. The Kier molecular flexibility index (Phi) is 9.87. The molecule has 46 heavy (non-hydrogen) atoms. The van der Waals surface area contributed by atoms with Crippen LogP contribution in [0.5, 0.6) is 0 Å². The van der Waals surface area contributed by atoms with Crippen LogP contribution in [0.25, 0.3) is 0 Å². The molecule has 2 fully saturated rings. The second kappa shape index (κ2) is 14.7. The maximum Gasteiger partial charge on any atom is 0.255 e. The summed E-state index contributed by atoms with van der Waals surface area (Å²) in [4.78, 5) is 35.5. The number of anilines is 4. The van der Waals surface area contributed by atoms with E-state index in [4.69, 9.17) is 14.3 Å². The summed E-state index contributed by atoms with van der Waals surface area (Å²) >= 11 is 0. The molecule has 6 rings (SSSR count). The molecule has 2 N–H and O–H groups in total. The number of nitrogens with one attached hydrogen (secondary N) is 2. The van der Waals surface area contributed by atoms with Crippen molar-refractivity contribution in [1.29, 1.82) is 0 Å². The number of hydrogen-bond acceptors (Lipinski definition) is 8. The summed E-state index contributed by atoms with van der Waals surface area (Å²) in [6.45, 7) is 6.23. The highest BCUT2D eigenvalue weighted by Crippen LogP contribution is 2.21. The highest BCUT2D eigenvalue weighted by Gasteiger charge is 2.15. The van der Waals surface area contributed by atoms with Crippen LogP contribution in [0.15, 0.2) is 102 Å². The maximum atomic E-state index is 12.9. The molecule has 0 aliphatic carbocycles. The van der Waals surface area contributed by atoms with E-state index in [2.05, 4.69) is 25.6 Å². The van der Waals surface area contributed by atoms with E-state index in [9.17, 15) is 9.59 Å². The Morgan fingerprint density at radius 2 is 0.913 bits per heavy atom. The van der Waals surface area contributed by atoms with Gasteiger partial charge in [-0.15, -0.1) is 0 Å². The zero-order valence-corrected chi connectivity index (χ0v) is 25.8. The van der Waals surface area contributed by atoms with Gasteiger partial charge in [-0.3, -0.25) is 9.59 Å². The molecule has 236 valence electrons. The number of ether oxygens (including phenoxy) is 2.